The van der Waals surface area contributed by atoms with Crippen molar-refractivity contribution >= 4 is 38.6 Å². The van der Waals surface area contributed by atoms with Crippen molar-refractivity contribution in [2.75, 3.05) is 4.90 Å². The third-order valence-electron chi connectivity index (χ3n) is 6.12. The maximum Gasteiger partial charge on any atom is 0.0540 e. The number of anilines is 3. The van der Waals surface area contributed by atoms with Gasteiger partial charge >= 0.3 is 0 Å². The minimum absolute atomic E-state index is 1.10. The van der Waals surface area contributed by atoms with E-state index in [-0.39, 0.29) is 0 Å². The van der Waals surface area contributed by atoms with Crippen LogP contribution in [0.3, 0.4) is 0 Å². The summed E-state index contributed by atoms with van der Waals surface area (Å²) in [6.07, 6.45) is 2.22. The van der Waals surface area contributed by atoms with Gasteiger partial charge in [-0.15, -0.1) is 0 Å². The Kier molecular flexibility index (Phi) is 3.67. The molecule has 0 heterocycles. The van der Waals surface area contributed by atoms with Crippen molar-refractivity contribution in [1.82, 2.24) is 0 Å². The molecule has 1 nitrogen and oxygen atoms in total. The molecule has 0 unspecified atom stereocenters. The van der Waals surface area contributed by atoms with Crippen LogP contribution in [0.5, 0.6) is 0 Å². The highest BCUT2D eigenvalue weighted by Gasteiger charge is 2.23. The fourth-order valence-corrected chi connectivity index (χ4v) is 4.84. The molecule has 0 saturated heterocycles. The first kappa shape index (κ1) is 16.4. The van der Waals surface area contributed by atoms with Gasteiger partial charge in [0.05, 0.1) is 5.69 Å². The standard InChI is InChI=1S/C28H21N/c1-2-12-23(13-3-1)29(26-15-7-9-20-8-4-5-14-24(20)26)27-19-17-22-11-6-10-21-16-18-25(27)28(21)22/h1-15,17,19H,16,18H2. The summed E-state index contributed by atoms with van der Waals surface area (Å²) in [5.41, 5.74) is 6.67. The van der Waals surface area contributed by atoms with E-state index in [0.717, 1.165) is 12.8 Å². The van der Waals surface area contributed by atoms with Gasteiger partial charge in [-0.1, -0.05) is 78.9 Å². The molecule has 6 rings (SSSR count). The Morgan fingerprint density at radius 2 is 1.28 bits per heavy atom. The Labute approximate surface area is 170 Å². The maximum absolute atomic E-state index is 2.44. The van der Waals surface area contributed by atoms with Gasteiger partial charge in [0.1, 0.15) is 0 Å². The maximum atomic E-state index is 2.44. The summed E-state index contributed by atoms with van der Waals surface area (Å²) in [5.74, 6) is 0. The number of fused-ring (bicyclic) bond motifs is 1. The topological polar surface area (TPSA) is 3.24 Å². The number of hydrogen-bond acceptors (Lipinski definition) is 1. The Bertz CT molecular complexity index is 1350. The monoisotopic (exact) mass is 371 g/mol. The summed E-state index contributed by atoms with van der Waals surface area (Å²) in [6.45, 7) is 0. The third kappa shape index (κ3) is 2.55. The van der Waals surface area contributed by atoms with E-state index in [1.165, 1.54) is 49.7 Å². The molecule has 0 bridgehead atoms. The molecule has 0 atom stereocenters. The SMILES string of the molecule is c1ccc(N(c2ccc3cccc4c3c2CC4)c2cccc3ccccc23)cc1. The fourth-order valence-electron chi connectivity index (χ4n) is 4.84. The summed E-state index contributed by atoms with van der Waals surface area (Å²) in [7, 11) is 0. The van der Waals surface area contributed by atoms with Crippen LogP contribution in [0, 0.1) is 0 Å². The zero-order valence-electron chi connectivity index (χ0n) is 16.2. The molecule has 0 aliphatic heterocycles. The van der Waals surface area contributed by atoms with Crippen molar-refractivity contribution in [3.05, 3.63) is 114 Å². The van der Waals surface area contributed by atoms with Crippen LogP contribution in [-0.2, 0) is 12.8 Å². The molecule has 0 spiro atoms. The summed E-state index contributed by atoms with van der Waals surface area (Å²) in [5, 5.41) is 5.34. The first-order valence-corrected chi connectivity index (χ1v) is 10.3. The van der Waals surface area contributed by atoms with Crippen LogP contribution in [0.1, 0.15) is 11.1 Å². The second-order valence-corrected chi connectivity index (χ2v) is 7.75. The lowest BCUT2D eigenvalue weighted by Crippen LogP contribution is -2.12. The van der Waals surface area contributed by atoms with Gasteiger partial charge in [-0.3, -0.25) is 0 Å². The molecule has 1 aliphatic carbocycles. The highest BCUT2D eigenvalue weighted by molar-refractivity contribution is 6.02. The van der Waals surface area contributed by atoms with Crippen molar-refractivity contribution in [3.8, 4) is 0 Å². The average molecular weight is 371 g/mol. The Morgan fingerprint density at radius 3 is 2.21 bits per heavy atom. The fraction of sp³-hybridized carbons (Fsp3) is 0.0714. The molecule has 0 amide bonds. The van der Waals surface area contributed by atoms with E-state index in [9.17, 15) is 0 Å². The van der Waals surface area contributed by atoms with Crippen molar-refractivity contribution in [2.24, 2.45) is 0 Å². The number of rotatable bonds is 3. The van der Waals surface area contributed by atoms with E-state index in [1.54, 1.807) is 0 Å². The summed E-state index contributed by atoms with van der Waals surface area (Å²) in [4.78, 5) is 2.44. The molecule has 0 radical (unpaired) electrons. The van der Waals surface area contributed by atoms with E-state index in [2.05, 4.69) is 108 Å². The van der Waals surface area contributed by atoms with Gasteiger partial charge in [0.2, 0.25) is 0 Å². The lowest BCUT2D eigenvalue weighted by molar-refractivity contribution is 1.02. The molecular formula is C28H21N. The lowest BCUT2D eigenvalue weighted by Gasteiger charge is -2.29. The zero-order valence-corrected chi connectivity index (χ0v) is 16.2. The van der Waals surface area contributed by atoms with E-state index in [4.69, 9.17) is 0 Å². The van der Waals surface area contributed by atoms with Gasteiger partial charge in [0.15, 0.2) is 0 Å². The minimum atomic E-state index is 1.10. The van der Waals surface area contributed by atoms with Gasteiger partial charge in [-0.05, 0) is 64.4 Å². The molecule has 29 heavy (non-hydrogen) atoms. The van der Waals surface area contributed by atoms with E-state index >= 15 is 0 Å². The molecule has 5 aromatic carbocycles. The molecule has 0 N–H and O–H groups in total. The van der Waals surface area contributed by atoms with Crippen LogP contribution in [0.4, 0.5) is 17.1 Å². The van der Waals surface area contributed by atoms with Crippen LogP contribution in [0.25, 0.3) is 21.5 Å². The molecule has 0 saturated carbocycles. The molecule has 1 aliphatic rings. The Morgan fingerprint density at radius 1 is 0.517 bits per heavy atom. The normalized spacial score (nSPS) is 12.6. The molecule has 5 aromatic rings. The highest BCUT2D eigenvalue weighted by Crippen LogP contribution is 2.44. The quantitative estimate of drug-likeness (QED) is 0.316. The number of hydrogen-bond donors (Lipinski definition) is 0. The molecule has 0 aromatic heterocycles. The van der Waals surface area contributed by atoms with E-state index in [0.29, 0.717) is 0 Å². The second kappa shape index (κ2) is 6.49. The molecular weight excluding hydrogens is 350 g/mol. The smallest absolute Gasteiger partial charge is 0.0540 e. The van der Waals surface area contributed by atoms with Crippen LogP contribution < -0.4 is 4.90 Å². The first-order chi connectivity index (χ1) is 14.4. The predicted molar refractivity (Wildman–Crippen MR) is 124 cm³/mol. The van der Waals surface area contributed by atoms with Gasteiger partial charge in [0, 0.05) is 16.8 Å². The number of aryl methyl sites for hydroxylation is 2. The van der Waals surface area contributed by atoms with Crippen molar-refractivity contribution < 1.29 is 0 Å². The summed E-state index contributed by atoms with van der Waals surface area (Å²) >= 11 is 0. The highest BCUT2D eigenvalue weighted by atomic mass is 15.1. The zero-order chi connectivity index (χ0) is 19.2. The van der Waals surface area contributed by atoms with Crippen LogP contribution in [0.2, 0.25) is 0 Å². The van der Waals surface area contributed by atoms with Gasteiger partial charge < -0.3 is 4.90 Å². The molecule has 1 heteroatoms. The largest absolute Gasteiger partial charge is 0.310 e. The lowest BCUT2D eigenvalue weighted by atomic mass is 10.0. The van der Waals surface area contributed by atoms with Gasteiger partial charge in [-0.2, -0.15) is 0 Å². The minimum Gasteiger partial charge on any atom is -0.310 e. The van der Waals surface area contributed by atoms with Crippen molar-refractivity contribution in [1.29, 1.82) is 0 Å². The number of para-hydroxylation sites is 1. The number of nitrogens with zero attached hydrogens (tertiary/aromatic N) is 1. The average Bonchev–Trinajstić information content (AvgIpc) is 3.22. The number of benzene rings is 5. The van der Waals surface area contributed by atoms with Crippen molar-refractivity contribution in [2.45, 2.75) is 12.8 Å². The van der Waals surface area contributed by atoms with Crippen LogP contribution in [-0.4, -0.2) is 0 Å². The van der Waals surface area contributed by atoms with Gasteiger partial charge in [-0.25, -0.2) is 0 Å². The van der Waals surface area contributed by atoms with Gasteiger partial charge in [0.25, 0.3) is 0 Å². The third-order valence-corrected chi connectivity index (χ3v) is 6.12. The Balaban J connectivity index is 1.68. The van der Waals surface area contributed by atoms with Crippen molar-refractivity contribution in [3.63, 3.8) is 0 Å². The Hall–Kier alpha value is -3.58. The van der Waals surface area contributed by atoms with Crippen LogP contribution in [0.15, 0.2) is 103 Å². The molecule has 0 fully saturated rings. The first-order valence-electron chi connectivity index (χ1n) is 10.3. The second-order valence-electron chi connectivity index (χ2n) is 7.75. The van der Waals surface area contributed by atoms with E-state index < -0.39 is 0 Å². The molecule has 138 valence electrons. The van der Waals surface area contributed by atoms with E-state index in [1.807, 2.05) is 0 Å². The predicted octanol–water partition coefficient (Wildman–Crippen LogP) is 7.56. The van der Waals surface area contributed by atoms with Crippen LogP contribution >= 0.6 is 0 Å². The summed E-state index contributed by atoms with van der Waals surface area (Å²) in [6, 6.07) is 37.3. The summed E-state index contributed by atoms with van der Waals surface area (Å²) < 4.78 is 0.